The van der Waals surface area contributed by atoms with Gasteiger partial charge in [-0.05, 0) is 50.5 Å². The largest absolute Gasteiger partial charge is 0.374 e. The lowest BCUT2D eigenvalue weighted by molar-refractivity contribution is -0.116. The summed E-state index contributed by atoms with van der Waals surface area (Å²) >= 11 is 2.00. The smallest absolute Gasteiger partial charge is 0.225 e. The maximum absolute atomic E-state index is 12.3. The van der Waals surface area contributed by atoms with Crippen LogP contribution < -0.4 is 10.6 Å². The Morgan fingerprint density at radius 2 is 2.29 bits per heavy atom. The highest BCUT2D eigenvalue weighted by Gasteiger charge is 2.40. The fourth-order valence-corrected chi connectivity index (χ4v) is 5.07. The molecule has 2 aliphatic rings. The van der Waals surface area contributed by atoms with E-state index in [1.807, 2.05) is 43.0 Å². The Morgan fingerprint density at radius 1 is 1.46 bits per heavy atom. The van der Waals surface area contributed by atoms with Crippen molar-refractivity contribution in [3.8, 4) is 0 Å². The molecule has 1 amide bonds. The highest BCUT2D eigenvalue weighted by molar-refractivity contribution is 7.99. The van der Waals surface area contributed by atoms with E-state index in [1.54, 1.807) is 0 Å². The fourth-order valence-electron chi connectivity index (χ4n) is 3.69. The summed E-state index contributed by atoms with van der Waals surface area (Å²) in [6.45, 7) is 4.95. The molecule has 2 aliphatic heterocycles. The van der Waals surface area contributed by atoms with Crippen LogP contribution in [-0.4, -0.2) is 41.7 Å². The zero-order valence-electron chi connectivity index (χ0n) is 14.6. The number of amides is 1. The minimum atomic E-state index is 0.0718. The number of carbonyl (C=O) groups excluding carboxylic acids is 1. The number of hydrogen-bond donors (Lipinski definition) is 2. The summed E-state index contributed by atoms with van der Waals surface area (Å²) in [4.78, 5) is 12.3. The van der Waals surface area contributed by atoms with E-state index >= 15 is 0 Å². The number of aryl methyl sites for hydroxylation is 1. The molecule has 0 aliphatic carbocycles. The number of carbonyl (C=O) groups is 1. The van der Waals surface area contributed by atoms with Gasteiger partial charge in [-0.2, -0.15) is 11.8 Å². The number of para-hydroxylation sites is 1. The van der Waals surface area contributed by atoms with Crippen LogP contribution in [0.3, 0.4) is 0 Å². The van der Waals surface area contributed by atoms with Gasteiger partial charge >= 0.3 is 0 Å². The van der Waals surface area contributed by atoms with Crippen molar-refractivity contribution >= 4 is 23.4 Å². The van der Waals surface area contributed by atoms with E-state index in [1.165, 1.54) is 5.75 Å². The van der Waals surface area contributed by atoms with Crippen LogP contribution in [0.1, 0.15) is 38.2 Å². The van der Waals surface area contributed by atoms with Crippen molar-refractivity contribution in [1.82, 2.24) is 5.32 Å². The zero-order chi connectivity index (χ0) is 17.0. The molecule has 3 atom stereocenters. The lowest BCUT2D eigenvalue weighted by Gasteiger charge is -2.39. The summed E-state index contributed by atoms with van der Waals surface area (Å²) < 4.78 is 6.07. The van der Waals surface area contributed by atoms with E-state index in [-0.39, 0.29) is 17.6 Å². The predicted octanol–water partition coefficient (Wildman–Crippen LogP) is 3.36. The second kappa shape index (κ2) is 7.89. The van der Waals surface area contributed by atoms with Crippen molar-refractivity contribution in [3.63, 3.8) is 0 Å². The number of hydrogen-bond acceptors (Lipinski definition) is 4. The Kier molecular flexibility index (Phi) is 5.85. The topological polar surface area (TPSA) is 50.4 Å². The van der Waals surface area contributed by atoms with Gasteiger partial charge in [-0.25, -0.2) is 0 Å². The summed E-state index contributed by atoms with van der Waals surface area (Å²) in [6.07, 6.45) is 3.77. The maximum Gasteiger partial charge on any atom is 0.225 e. The maximum atomic E-state index is 12.3. The van der Waals surface area contributed by atoms with Crippen LogP contribution >= 0.6 is 11.8 Å². The molecule has 1 spiro atoms. The summed E-state index contributed by atoms with van der Waals surface area (Å²) in [6, 6.07) is 8.52. The van der Waals surface area contributed by atoms with Gasteiger partial charge in [0, 0.05) is 36.6 Å². The van der Waals surface area contributed by atoms with E-state index in [9.17, 15) is 4.79 Å². The van der Waals surface area contributed by atoms with Crippen molar-refractivity contribution in [1.29, 1.82) is 0 Å². The van der Waals surface area contributed by atoms with Gasteiger partial charge in [0.15, 0.2) is 0 Å². The molecule has 3 rings (SSSR count). The first-order valence-corrected chi connectivity index (χ1v) is 10.0. The van der Waals surface area contributed by atoms with Crippen LogP contribution in [0.15, 0.2) is 24.3 Å². The molecular formula is C19H28N2O2S. The molecule has 1 aromatic rings. The molecule has 24 heavy (non-hydrogen) atoms. The third-order valence-corrected chi connectivity index (χ3v) is 6.21. The number of ether oxygens (including phenoxy) is 1. The highest BCUT2D eigenvalue weighted by atomic mass is 32.2. The second-order valence-electron chi connectivity index (χ2n) is 7.16. The molecule has 0 unspecified atom stereocenters. The quantitative estimate of drug-likeness (QED) is 0.857. The summed E-state index contributed by atoms with van der Waals surface area (Å²) in [5.41, 5.74) is 2.09. The van der Waals surface area contributed by atoms with Crippen molar-refractivity contribution in [2.24, 2.45) is 0 Å². The standard InChI is InChI=1S/C19H28N2O2S/c1-14-5-3-4-6-17(14)21-18(22)11-15(2)20-16-7-9-23-19(12-16)8-10-24-13-19/h3-6,15-16,20H,7-13H2,1-2H3,(H,21,22)/t15-,16+,19-/m0/s1. The molecule has 0 aromatic heterocycles. The summed E-state index contributed by atoms with van der Waals surface area (Å²) in [7, 11) is 0. The van der Waals surface area contributed by atoms with Crippen LogP contribution in [0.5, 0.6) is 0 Å². The van der Waals surface area contributed by atoms with Gasteiger partial charge in [-0.1, -0.05) is 18.2 Å². The molecule has 0 saturated carbocycles. The normalized spacial score (nSPS) is 28.0. The molecule has 0 bridgehead atoms. The van der Waals surface area contributed by atoms with Gasteiger partial charge in [-0.15, -0.1) is 0 Å². The Hall–Kier alpha value is -1.04. The molecule has 132 valence electrons. The SMILES string of the molecule is Cc1ccccc1NC(=O)C[C@H](C)N[C@@H]1CCO[C@@]2(CCSC2)C1. The van der Waals surface area contributed by atoms with E-state index in [2.05, 4.69) is 17.6 Å². The fraction of sp³-hybridized carbons (Fsp3) is 0.632. The first-order valence-electron chi connectivity index (χ1n) is 8.90. The van der Waals surface area contributed by atoms with E-state index < -0.39 is 0 Å². The minimum absolute atomic E-state index is 0.0718. The Labute approximate surface area is 149 Å². The average molecular weight is 349 g/mol. The highest BCUT2D eigenvalue weighted by Crippen LogP contribution is 2.38. The van der Waals surface area contributed by atoms with Crippen LogP contribution in [0.2, 0.25) is 0 Å². The second-order valence-corrected chi connectivity index (χ2v) is 8.26. The van der Waals surface area contributed by atoms with Gasteiger partial charge in [-0.3, -0.25) is 4.79 Å². The summed E-state index contributed by atoms with van der Waals surface area (Å²) in [5, 5.41) is 6.67. The molecule has 2 heterocycles. The van der Waals surface area contributed by atoms with Crippen molar-refractivity contribution in [2.75, 3.05) is 23.4 Å². The van der Waals surface area contributed by atoms with Crippen LogP contribution in [-0.2, 0) is 9.53 Å². The van der Waals surface area contributed by atoms with Gasteiger partial charge < -0.3 is 15.4 Å². The van der Waals surface area contributed by atoms with Gasteiger partial charge in [0.2, 0.25) is 5.91 Å². The summed E-state index contributed by atoms with van der Waals surface area (Å²) in [5.74, 6) is 2.40. The number of nitrogens with one attached hydrogen (secondary N) is 2. The molecule has 2 fully saturated rings. The van der Waals surface area contributed by atoms with Crippen LogP contribution in [0.25, 0.3) is 0 Å². The minimum Gasteiger partial charge on any atom is -0.374 e. The third kappa shape index (κ3) is 4.52. The Morgan fingerprint density at radius 3 is 3.04 bits per heavy atom. The molecular weight excluding hydrogens is 320 g/mol. The van der Waals surface area contributed by atoms with Crippen molar-refractivity contribution in [2.45, 2.75) is 57.2 Å². The predicted molar refractivity (Wildman–Crippen MR) is 101 cm³/mol. The molecule has 2 N–H and O–H groups in total. The van der Waals surface area contributed by atoms with Crippen LogP contribution in [0, 0.1) is 6.92 Å². The third-order valence-electron chi connectivity index (χ3n) is 4.99. The van der Waals surface area contributed by atoms with Gasteiger partial charge in [0.05, 0.1) is 5.60 Å². The molecule has 0 radical (unpaired) electrons. The molecule has 1 aromatic carbocycles. The molecule has 5 heteroatoms. The monoisotopic (exact) mass is 348 g/mol. The zero-order valence-corrected chi connectivity index (χ0v) is 15.5. The van der Waals surface area contributed by atoms with Crippen molar-refractivity contribution in [3.05, 3.63) is 29.8 Å². The number of benzene rings is 1. The number of thioether (sulfide) groups is 1. The van der Waals surface area contributed by atoms with Gasteiger partial charge in [0.1, 0.15) is 0 Å². The lowest BCUT2D eigenvalue weighted by Crippen LogP contribution is -2.49. The van der Waals surface area contributed by atoms with E-state index in [0.29, 0.717) is 12.5 Å². The average Bonchev–Trinajstić information content (AvgIpc) is 2.97. The number of anilines is 1. The Bertz CT molecular complexity index is 572. The van der Waals surface area contributed by atoms with E-state index in [0.717, 1.165) is 42.9 Å². The molecule has 2 saturated heterocycles. The van der Waals surface area contributed by atoms with Crippen LogP contribution in [0.4, 0.5) is 5.69 Å². The van der Waals surface area contributed by atoms with E-state index in [4.69, 9.17) is 4.74 Å². The first kappa shape index (κ1) is 17.8. The van der Waals surface area contributed by atoms with Crippen molar-refractivity contribution < 1.29 is 9.53 Å². The molecule has 4 nitrogen and oxygen atoms in total. The first-order chi connectivity index (χ1) is 11.6. The number of rotatable bonds is 5. The lowest BCUT2D eigenvalue weighted by atomic mass is 9.89. The van der Waals surface area contributed by atoms with Gasteiger partial charge in [0.25, 0.3) is 0 Å². The Balaban J connectivity index is 1.47.